The number of ether oxygens (including phenoxy) is 2. The van der Waals surface area contributed by atoms with E-state index in [0.717, 1.165) is 50.1 Å². The third kappa shape index (κ3) is 5.93. The first-order valence-electron chi connectivity index (χ1n) is 12.3. The zero-order valence-electron chi connectivity index (χ0n) is 21.3. The van der Waals surface area contributed by atoms with Gasteiger partial charge in [-0.3, -0.25) is 4.79 Å². The van der Waals surface area contributed by atoms with Crippen LogP contribution in [0.5, 0.6) is 5.75 Å². The van der Waals surface area contributed by atoms with Gasteiger partial charge in [-0.15, -0.1) is 0 Å². The van der Waals surface area contributed by atoms with E-state index in [9.17, 15) is 4.79 Å². The monoisotopic (exact) mass is 497 g/mol. The average Bonchev–Trinajstić information content (AvgIpc) is 3.66. The van der Waals surface area contributed by atoms with Gasteiger partial charge in [-0.2, -0.15) is 0 Å². The third-order valence-electron chi connectivity index (χ3n) is 5.91. The van der Waals surface area contributed by atoms with Crippen molar-refractivity contribution >= 4 is 16.9 Å². The van der Waals surface area contributed by atoms with Gasteiger partial charge in [0, 0.05) is 28.6 Å². The first kappa shape index (κ1) is 25.8. The highest BCUT2D eigenvalue weighted by molar-refractivity contribution is 5.93. The van der Waals surface area contributed by atoms with Gasteiger partial charge >= 0.3 is 5.97 Å². The summed E-state index contributed by atoms with van der Waals surface area (Å²) < 4.78 is 22.5. The van der Waals surface area contributed by atoms with E-state index in [-0.39, 0.29) is 12.4 Å². The Morgan fingerprint density at radius 3 is 2.49 bits per heavy atom. The van der Waals surface area contributed by atoms with Crippen molar-refractivity contribution in [3.8, 4) is 28.2 Å². The highest BCUT2D eigenvalue weighted by Crippen LogP contribution is 2.33. The van der Waals surface area contributed by atoms with Gasteiger partial charge in [0.1, 0.15) is 23.7 Å². The second-order valence-electron chi connectivity index (χ2n) is 8.23. The van der Waals surface area contributed by atoms with Crippen molar-refractivity contribution in [1.29, 1.82) is 0 Å². The molecular weight excluding hydrogens is 466 g/mol. The molecule has 0 fully saturated rings. The van der Waals surface area contributed by atoms with Gasteiger partial charge in [-0.25, -0.2) is 0 Å². The van der Waals surface area contributed by atoms with Gasteiger partial charge in [0.05, 0.1) is 26.1 Å². The molecule has 3 aromatic carbocycles. The standard InChI is InChI=1S/C29H25NO5.C2H6/c1-32-28(31)16-23-8-7-22(26-6-3-10-33-26)15-27(23)35-18-20-13-24-9-11-34-29(24)25(14-20)21-5-2-4-19(12-21)17-30;1-2/h2-15H,16-18,30H2,1H3;1-2H3. The molecule has 0 atom stereocenters. The van der Waals surface area contributed by atoms with E-state index in [1.807, 2.05) is 74.5 Å². The Kier molecular flexibility index (Phi) is 8.44. The van der Waals surface area contributed by atoms with Gasteiger partial charge in [-0.05, 0) is 59.2 Å². The fraction of sp³-hybridized carbons (Fsp3) is 0.194. The number of hydrogen-bond donors (Lipinski definition) is 1. The van der Waals surface area contributed by atoms with Gasteiger partial charge < -0.3 is 24.0 Å². The molecule has 0 aliphatic rings. The van der Waals surface area contributed by atoms with Crippen LogP contribution in [0.25, 0.3) is 33.4 Å². The molecule has 5 aromatic rings. The van der Waals surface area contributed by atoms with Gasteiger partial charge in [0.2, 0.25) is 0 Å². The van der Waals surface area contributed by atoms with Crippen LogP contribution in [0.3, 0.4) is 0 Å². The molecule has 5 rings (SSSR count). The Bertz CT molecular complexity index is 1470. The highest BCUT2D eigenvalue weighted by Gasteiger charge is 2.14. The minimum absolute atomic E-state index is 0.113. The van der Waals surface area contributed by atoms with Gasteiger partial charge in [0.15, 0.2) is 0 Å². The molecule has 190 valence electrons. The lowest BCUT2D eigenvalue weighted by molar-refractivity contribution is -0.139. The van der Waals surface area contributed by atoms with E-state index >= 15 is 0 Å². The lowest BCUT2D eigenvalue weighted by Crippen LogP contribution is -2.07. The molecular formula is C31H31NO5. The molecule has 0 unspecified atom stereocenters. The fourth-order valence-electron chi connectivity index (χ4n) is 4.13. The number of benzene rings is 3. The summed E-state index contributed by atoms with van der Waals surface area (Å²) in [6.45, 7) is 4.77. The molecule has 6 nitrogen and oxygen atoms in total. The molecule has 0 aliphatic heterocycles. The summed E-state index contributed by atoms with van der Waals surface area (Å²) in [5, 5.41) is 0.985. The van der Waals surface area contributed by atoms with Crippen molar-refractivity contribution in [3.05, 3.63) is 102 Å². The van der Waals surface area contributed by atoms with Crippen LogP contribution < -0.4 is 10.5 Å². The SMILES string of the molecule is CC.COC(=O)Cc1ccc(-c2ccco2)cc1OCc1cc(-c2cccc(CN)c2)c2occc2c1. The number of nitrogens with two attached hydrogens (primary N) is 1. The molecule has 37 heavy (non-hydrogen) atoms. The summed E-state index contributed by atoms with van der Waals surface area (Å²) in [4.78, 5) is 12.0. The van der Waals surface area contributed by atoms with Crippen molar-refractivity contribution in [2.24, 2.45) is 5.73 Å². The maximum atomic E-state index is 12.0. The first-order valence-corrected chi connectivity index (χ1v) is 12.3. The number of methoxy groups -OCH3 is 1. The quantitative estimate of drug-likeness (QED) is 0.229. The number of carbonyl (C=O) groups excluding carboxylic acids is 1. The van der Waals surface area contributed by atoms with E-state index in [1.165, 1.54) is 7.11 Å². The number of rotatable bonds is 8. The number of furan rings is 2. The number of fused-ring (bicyclic) bond motifs is 1. The number of carbonyl (C=O) groups is 1. The molecule has 6 heteroatoms. The minimum Gasteiger partial charge on any atom is -0.489 e. The van der Waals surface area contributed by atoms with Crippen LogP contribution in [0.15, 0.2) is 94.2 Å². The Hall–Kier alpha value is -4.29. The molecule has 0 spiro atoms. The van der Waals surface area contributed by atoms with Crippen LogP contribution in [0.2, 0.25) is 0 Å². The first-order chi connectivity index (χ1) is 18.1. The predicted octanol–water partition coefficient (Wildman–Crippen LogP) is 7.14. The predicted molar refractivity (Wildman–Crippen MR) is 145 cm³/mol. The van der Waals surface area contributed by atoms with Crippen LogP contribution in [0, 0.1) is 0 Å². The molecule has 0 saturated heterocycles. The molecule has 2 heterocycles. The number of hydrogen-bond acceptors (Lipinski definition) is 6. The summed E-state index contributed by atoms with van der Waals surface area (Å²) in [5.74, 6) is 0.993. The molecule has 0 bridgehead atoms. The van der Waals surface area contributed by atoms with Crippen molar-refractivity contribution in [1.82, 2.24) is 0 Å². The summed E-state index contributed by atoms with van der Waals surface area (Å²) >= 11 is 0. The number of esters is 1. The second-order valence-corrected chi connectivity index (χ2v) is 8.23. The van der Waals surface area contributed by atoms with Crippen molar-refractivity contribution in [2.45, 2.75) is 33.4 Å². The topological polar surface area (TPSA) is 87.8 Å². The average molecular weight is 498 g/mol. The summed E-state index contributed by atoms with van der Waals surface area (Å²) in [6.07, 6.45) is 3.43. The zero-order chi connectivity index (χ0) is 26.2. The van der Waals surface area contributed by atoms with E-state index in [4.69, 9.17) is 24.0 Å². The second kappa shape index (κ2) is 12.1. The Labute approximate surface area is 216 Å². The van der Waals surface area contributed by atoms with Crippen molar-refractivity contribution in [3.63, 3.8) is 0 Å². The molecule has 0 radical (unpaired) electrons. The molecule has 0 aliphatic carbocycles. The van der Waals surface area contributed by atoms with Gasteiger partial charge in [0.25, 0.3) is 0 Å². The largest absolute Gasteiger partial charge is 0.489 e. The normalized spacial score (nSPS) is 10.6. The minimum atomic E-state index is -0.331. The highest BCUT2D eigenvalue weighted by atomic mass is 16.5. The summed E-state index contributed by atoms with van der Waals surface area (Å²) in [6, 6.07) is 23.5. The van der Waals surface area contributed by atoms with Crippen LogP contribution in [-0.2, 0) is 29.1 Å². The lowest BCUT2D eigenvalue weighted by Gasteiger charge is -2.14. The zero-order valence-corrected chi connectivity index (χ0v) is 21.3. The van der Waals surface area contributed by atoms with Crippen LogP contribution in [0.4, 0.5) is 0 Å². The Balaban J connectivity index is 0.00000156. The van der Waals surface area contributed by atoms with E-state index in [1.54, 1.807) is 12.5 Å². The summed E-state index contributed by atoms with van der Waals surface area (Å²) in [5.41, 5.74) is 12.3. The Morgan fingerprint density at radius 2 is 1.73 bits per heavy atom. The van der Waals surface area contributed by atoms with Crippen molar-refractivity contribution in [2.75, 3.05) is 7.11 Å². The molecule has 0 amide bonds. The van der Waals surface area contributed by atoms with E-state index < -0.39 is 0 Å². The van der Waals surface area contributed by atoms with Crippen LogP contribution >= 0.6 is 0 Å². The van der Waals surface area contributed by atoms with Crippen LogP contribution in [-0.4, -0.2) is 13.1 Å². The molecule has 2 aromatic heterocycles. The van der Waals surface area contributed by atoms with Crippen LogP contribution in [0.1, 0.15) is 30.5 Å². The fourth-order valence-corrected chi connectivity index (χ4v) is 4.13. The maximum absolute atomic E-state index is 12.0. The maximum Gasteiger partial charge on any atom is 0.310 e. The summed E-state index contributed by atoms with van der Waals surface area (Å²) in [7, 11) is 1.38. The Morgan fingerprint density at radius 1 is 0.865 bits per heavy atom. The third-order valence-corrected chi connectivity index (χ3v) is 5.91. The van der Waals surface area contributed by atoms with Crippen molar-refractivity contribution < 1.29 is 23.1 Å². The molecule has 2 N–H and O–H groups in total. The van der Waals surface area contributed by atoms with E-state index in [0.29, 0.717) is 18.9 Å². The van der Waals surface area contributed by atoms with Gasteiger partial charge in [-0.1, -0.05) is 44.2 Å². The lowest BCUT2D eigenvalue weighted by atomic mass is 9.99. The van der Waals surface area contributed by atoms with E-state index in [2.05, 4.69) is 12.1 Å². The molecule has 0 saturated carbocycles. The smallest absolute Gasteiger partial charge is 0.310 e.